The Kier molecular flexibility index (Phi) is 8.91. The summed E-state index contributed by atoms with van der Waals surface area (Å²) in [6.07, 6.45) is 1.54. The molecule has 8 heteroatoms. The number of hydrogen-bond acceptors (Lipinski definition) is 5. The largest absolute Gasteiger partial charge is 0.496 e. The number of rotatable bonds is 9. The molecule has 3 rings (SSSR count). The van der Waals surface area contributed by atoms with Gasteiger partial charge in [0.05, 0.1) is 30.0 Å². The molecule has 172 valence electrons. The van der Waals surface area contributed by atoms with Gasteiger partial charge in [0, 0.05) is 4.47 Å². The fourth-order valence-electron chi connectivity index (χ4n) is 2.99. The summed E-state index contributed by atoms with van der Waals surface area (Å²) in [5, 5.41) is 4.08. The van der Waals surface area contributed by atoms with E-state index in [-0.39, 0.29) is 5.91 Å². The number of benzene rings is 3. The number of carbonyl (C=O) groups excluding carboxylic acids is 1. The molecule has 0 saturated heterocycles. The fraction of sp³-hybridized carbons (Fsp3) is 0.200. The first kappa shape index (κ1) is 24.8. The molecule has 0 heterocycles. The van der Waals surface area contributed by atoms with Crippen molar-refractivity contribution in [2.24, 2.45) is 5.10 Å². The number of amides is 1. The molecule has 3 aromatic rings. The maximum atomic E-state index is 12.5. The van der Waals surface area contributed by atoms with Gasteiger partial charge in [-0.2, -0.15) is 5.10 Å². The first-order valence-corrected chi connectivity index (χ1v) is 11.8. The van der Waals surface area contributed by atoms with Crippen molar-refractivity contribution in [1.29, 1.82) is 0 Å². The smallest absolute Gasteiger partial charge is 0.275 e. The highest BCUT2D eigenvalue weighted by Gasteiger charge is 2.14. The van der Waals surface area contributed by atoms with Crippen LogP contribution in [0.15, 0.2) is 68.6 Å². The molecule has 0 aromatic heterocycles. The predicted molar refractivity (Wildman–Crippen MR) is 137 cm³/mol. The number of hydrogen-bond donors (Lipinski definition) is 1. The van der Waals surface area contributed by atoms with Crippen LogP contribution in [0.3, 0.4) is 0 Å². The monoisotopic (exact) mass is 574 g/mol. The molecule has 1 amide bonds. The van der Waals surface area contributed by atoms with Crippen molar-refractivity contribution in [3.05, 3.63) is 85.8 Å². The van der Waals surface area contributed by atoms with E-state index in [1.54, 1.807) is 24.4 Å². The first-order chi connectivity index (χ1) is 15.9. The van der Waals surface area contributed by atoms with Crippen LogP contribution in [0, 0.1) is 6.92 Å². The Bertz CT molecular complexity index is 1150. The van der Waals surface area contributed by atoms with Gasteiger partial charge >= 0.3 is 0 Å². The van der Waals surface area contributed by atoms with Gasteiger partial charge in [-0.1, -0.05) is 45.8 Å². The summed E-state index contributed by atoms with van der Waals surface area (Å²) in [4.78, 5) is 12.5. The highest BCUT2D eigenvalue weighted by molar-refractivity contribution is 9.10. The van der Waals surface area contributed by atoms with Crippen molar-refractivity contribution < 1.29 is 19.0 Å². The zero-order chi connectivity index (χ0) is 23.8. The predicted octanol–water partition coefficient (Wildman–Crippen LogP) is 6.27. The van der Waals surface area contributed by atoms with E-state index < -0.39 is 0 Å². The minimum absolute atomic E-state index is 0.375. The fourth-order valence-corrected chi connectivity index (χ4v) is 3.92. The van der Waals surface area contributed by atoms with E-state index in [4.69, 9.17) is 14.2 Å². The van der Waals surface area contributed by atoms with Gasteiger partial charge in [0.2, 0.25) is 0 Å². The van der Waals surface area contributed by atoms with E-state index in [0.717, 1.165) is 20.1 Å². The third-order valence-electron chi connectivity index (χ3n) is 4.62. The number of aryl methyl sites for hydroxylation is 1. The number of ether oxygens (including phenoxy) is 3. The molecule has 3 aromatic carbocycles. The standard InChI is InChI=1S/C25H24Br2N2O4/c1-4-32-23-12-18(11-21(27)24(23)33-15-17-7-5-16(2)6-8-17)14-28-29-25(30)20-13-19(26)9-10-22(20)31-3/h5-14H,4,15H2,1-3H3,(H,29,30)/b28-14-. The summed E-state index contributed by atoms with van der Waals surface area (Å²) in [6.45, 7) is 4.85. The molecule has 33 heavy (non-hydrogen) atoms. The maximum absolute atomic E-state index is 12.5. The zero-order valence-electron chi connectivity index (χ0n) is 18.5. The van der Waals surface area contributed by atoms with Crippen LogP contribution in [-0.2, 0) is 6.61 Å². The third kappa shape index (κ3) is 6.82. The summed E-state index contributed by atoms with van der Waals surface area (Å²) < 4.78 is 18.6. The van der Waals surface area contributed by atoms with Crippen molar-refractivity contribution in [3.63, 3.8) is 0 Å². The van der Waals surface area contributed by atoms with Crippen molar-refractivity contribution in [3.8, 4) is 17.2 Å². The molecule has 0 bridgehead atoms. The Morgan fingerprint density at radius 3 is 2.48 bits per heavy atom. The molecule has 0 aliphatic carbocycles. The lowest BCUT2D eigenvalue weighted by Gasteiger charge is -2.15. The lowest BCUT2D eigenvalue weighted by molar-refractivity contribution is 0.0952. The SMILES string of the molecule is CCOc1cc(/C=N\NC(=O)c2cc(Br)ccc2OC)cc(Br)c1OCc1ccc(C)cc1. The zero-order valence-corrected chi connectivity index (χ0v) is 21.7. The second kappa shape index (κ2) is 11.9. The van der Waals surface area contributed by atoms with Gasteiger partial charge in [0.25, 0.3) is 5.91 Å². The minimum Gasteiger partial charge on any atom is -0.496 e. The second-order valence-corrected chi connectivity index (χ2v) is 8.85. The number of carbonyl (C=O) groups is 1. The Balaban J connectivity index is 1.74. The average molecular weight is 576 g/mol. The van der Waals surface area contributed by atoms with Gasteiger partial charge in [0.15, 0.2) is 11.5 Å². The Morgan fingerprint density at radius 2 is 1.79 bits per heavy atom. The quantitative estimate of drug-likeness (QED) is 0.241. The highest BCUT2D eigenvalue weighted by atomic mass is 79.9. The van der Waals surface area contributed by atoms with E-state index in [1.807, 2.05) is 38.1 Å². The number of nitrogens with one attached hydrogen (secondary N) is 1. The van der Waals surface area contributed by atoms with Gasteiger partial charge in [-0.3, -0.25) is 4.79 Å². The summed E-state index contributed by atoms with van der Waals surface area (Å²) >= 11 is 6.92. The molecule has 0 atom stereocenters. The van der Waals surface area contributed by atoms with E-state index >= 15 is 0 Å². The molecule has 0 unspecified atom stereocenters. The lowest BCUT2D eigenvalue weighted by atomic mass is 10.1. The molecule has 0 saturated carbocycles. The van der Waals surface area contributed by atoms with Crippen LogP contribution in [0.5, 0.6) is 17.2 Å². The minimum atomic E-state index is -0.383. The van der Waals surface area contributed by atoms with Gasteiger partial charge in [-0.15, -0.1) is 0 Å². The van der Waals surface area contributed by atoms with Crippen LogP contribution in [0.1, 0.15) is 34.0 Å². The van der Waals surface area contributed by atoms with Crippen molar-refractivity contribution in [1.82, 2.24) is 5.43 Å². The third-order valence-corrected chi connectivity index (χ3v) is 5.70. The van der Waals surface area contributed by atoms with Crippen LogP contribution in [0.25, 0.3) is 0 Å². The van der Waals surface area contributed by atoms with Crippen LogP contribution < -0.4 is 19.6 Å². The van der Waals surface area contributed by atoms with Crippen molar-refractivity contribution in [2.75, 3.05) is 13.7 Å². The van der Waals surface area contributed by atoms with E-state index in [9.17, 15) is 4.79 Å². The lowest BCUT2D eigenvalue weighted by Crippen LogP contribution is -2.18. The Labute approximate surface area is 210 Å². The number of halogens is 2. The molecular weight excluding hydrogens is 552 g/mol. The molecular formula is C25H24Br2N2O4. The molecule has 6 nitrogen and oxygen atoms in total. The molecule has 0 radical (unpaired) electrons. The normalized spacial score (nSPS) is 10.8. The average Bonchev–Trinajstić information content (AvgIpc) is 2.80. The van der Waals surface area contributed by atoms with Crippen LogP contribution in [-0.4, -0.2) is 25.8 Å². The van der Waals surface area contributed by atoms with Crippen molar-refractivity contribution in [2.45, 2.75) is 20.5 Å². The summed E-state index contributed by atoms with van der Waals surface area (Å²) in [5.41, 5.74) is 5.89. The number of methoxy groups -OCH3 is 1. The number of nitrogens with zero attached hydrogens (tertiary/aromatic N) is 1. The molecule has 1 N–H and O–H groups in total. The van der Waals surface area contributed by atoms with Crippen LogP contribution in [0.2, 0.25) is 0 Å². The molecule has 0 aliphatic rings. The van der Waals surface area contributed by atoms with E-state index in [1.165, 1.54) is 12.7 Å². The maximum Gasteiger partial charge on any atom is 0.275 e. The molecule has 0 aliphatic heterocycles. The van der Waals surface area contributed by atoms with Gasteiger partial charge in [-0.05, 0) is 71.2 Å². The van der Waals surface area contributed by atoms with E-state index in [0.29, 0.717) is 36.0 Å². The number of hydrazone groups is 1. The second-order valence-electron chi connectivity index (χ2n) is 7.08. The Morgan fingerprint density at radius 1 is 1.03 bits per heavy atom. The first-order valence-electron chi connectivity index (χ1n) is 10.2. The van der Waals surface area contributed by atoms with Crippen molar-refractivity contribution >= 4 is 44.0 Å². The van der Waals surface area contributed by atoms with Gasteiger partial charge in [0.1, 0.15) is 12.4 Å². The molecule has 0 fully saturated rings. The topological polar surface area (TPSA) is 69.2 Å². The van der Waals surface area contributed by atoms with Crippen LogP contribution in [0.4, 0.5) is 0 Å². The van der Waals surface area contributed by atoms with Gasteiger partial charge in [-0.25, -0.2) is 5.43 Å². The summed E-state index contributed by atoms with van der Waals surface area (Å²) in [6, 6.07) is 17.0. The van der Waals surface area contributed by atoms with Gasteiger partial charge < -0.3 is 14.2 Å². The molecule has 0 spiro atoms. The summed E-state index contributed by atoms with van der Waals surface area (Å²) in [7, 11) is 1.51. The van der Waals surface area contributed by atoms with E-state index in [2.05, 4.69) is 54.5 Å². The van der Waals surface area contributed by atoms with Crippen LogP contribution >= 0.6 is 31.9 Å². The summed E-state index contributed by atoms with van der Waals surface area (Å²) in [5.74, 6) is 1.27. The Hall–Kier alpha value is -2.84. The highest BCUT2D eigenvalue weighted by Crippen LogP contribution is 2.37.